The Bertz CT molecular complexity index is 827. The molecular weight excluding hydrogens is 234 g/mol. The number of aromatic nitrogens is 1. The summed E-state index contributed by atoms with van der Waals surface area (Å²) >= 11 is 0. The van der Waals surface area contributed by atoms with Crippen molar-refractivity contribution in [2.24, 2.45) is 0 Å². The molecule has 1 aliphatic rings. The molecule has 94 valence electrons. The lowest BCUT2D eigenvalue weighted by atomic mass is 10.0. The Balaban J connectivity index is 2.12. The van der Waals surface area contributed by atoms with Crippen LogP contribution in [0.4, 0.5) is 0 Å². The summed E-state index contributed by atoms with van der Waals surface area (Å²) in [5, 5.41) is 11.3. The number of H-pyrrole nitrogens is 1. The number of aromatic hydroxyl groups is 1. The molecule has 0 unspecified atom stereocenters. The van der Waals surface area contributed by atoms with Crippen LogP contribution in [-0.2, 0) is 6.42 Å². The number of aryl methyl sites for hydroxylation is 2. The number of fused-ring (bicyclic) bond motifs is 5. The first kappa shape index (κ1) is 10.7. The standard InChI is InChI=1S/C17H15NO/c1-9-7-14-15(10(2)17(9)19)13-8-11-5-3-4-6-12(11)16(13)18-14/h3-7,18-19H,8H2,1-2H3. The monoisotopic (exact) mass is 249 g/mol. The van der Waals surface area contributed by atoms with Crippen molar-refractivity contribution in [3.8, 4) is 17.0 Å². The molecule has 0 bridgehead atoms. The molecule has 1 aliphatic carbocycles. The number of phenolic OH excluding ortho intramolecular Hbond substituents is 1. The first-order chi connectivity index (χ1) is 9.16. The van der Waals surface area contributed by atoms with E-state index in [1.807, 2.05) is 19.9 Å². The molecule has 1 heterocycles. The molecule has 2 nitrogen and oxygen atoms in total. The van der Waals surface area contributed by atoms with Crippen LogP contribution >= 0.6 is 0 Å². The Morgan fingerprint density at radius 2 is 1.95 bits per heavy atom. The molecule has 1 aromatic heterocycles. The average molecular weight is 249 g/mol. The Morgan fingerprint density at radius 1 is 1.16 bits per heavy atom. The van der Waals surface area contributed by atoms with E-state index in [9.17, 15) is 5.11 Å². The molecule has 0 radical (unpaired) electrons. The van der Waals surface area contributed by atoms with E-state index in [1.54, 1.807) is 0 Å². The maximum atomic E-state index is 10.2. The predicted octanol–water partition coefficient (Wildman–Crippen LogP) is 4.06. The van der Waals surface area contributed by atoms with Gasteiger partial charge in [0.1, 0.15) is 5.75 Å². The van der Waals surface area contributed by atoms with Crippen molar-refractivity contribution in [3.05, 3.63) is 52.6 Å². The lowest BCUT2D eigenvalue weighted by Gasteiger charge is -2.06. The van der Waals surface area contributed by atoms with Gasteiger partial charge in [-0.1, -0.05) is 24.3 Å². The third kappa shape index (κ3) is 1.26. The SMILES string of the molecule is Cc1cc2[nH]c3c(c2c(C)c1O)Cc1ccccc1-3. The van der Waals surface area contributed by atoms with Crippen LogP contribution in [0.25, 0.3) is 22.2 Å². The molecule has 4 rings (SSSR count). The zero-order valence-corrected chi connectivity index (χ0v) is 11.0. The Hall–Kier alpha value is -2.22. The van der Waals surface area contributed by atoms with Gasteiger partial charge in [0.05, 0.1) is 5.69 Å². The van der Waals surface area contributed by atoms with E-state index in [0.29, 0.717) is 5.75 Å². The molecule has 2 aromatic carbocycles. The second-order valence-electron chi connectivity index (χ2n) is 5.40. The summed E-state index contributed by atoms with van der Waals surface area (Å²) in [6.45, 7) is 3.95. The first-order valence-corrected chi connectivity index (χ1v) is 6.59. The molecular formula is C17H15NO. The van der Waals surface area contributed by atoms with Crippen LogP contribution in [0.3, 0.4) is 0 Å². The van der Waals surface area contributed by atoms with Crippen molar-refractivity contribution < 1.29 is 5.11 Å². The van der Waals surface area contributed by atoms with E-state index in [-0.39, 0.29) is 0 Å². The summed E-state index contributed by atoms with van der Waals surface area (Å²) in [5.74, 6) is 0.422. The van der Waals surface area contributed by atoms with Gasteiger partial charge >= 0.3 is 0 Å². The van der Waals surface area contributed by atoms with Gasteiger partial charge in [0.25, 0.3) is 0 Å². The minimum absolute atomic E-state index is 0.422. The largest absolute Gasteiger partial charge is 0.507 e. The maximum Gasteiger partial charge on any atom is 0.122 e. The summed E-state index contributed by atoms with van der Waals surface area (Å²) in [6, 6.07) is 10.5. The first-order valence-electron chi connectivity index (χ1n) is 6.59. The van der Waals surface area contributed by atoms with Crippen LogP contribution in [0.5, 0.6) is 5.75 Å². The molecule has 0 aliphatic heterocycles. The zero-order valence-electron chi connectivity index (χ0n) is 11.0. The van der Waals surface area contributed by atoms with Crippen LogP contribution in [0.1, 0.15) is 22.3 Å². The third-order valence-corrected chi connectivity index (χ3v) is 4.25. The van der Waals surface area contributed by atoms with Gasteiger partial charge in [-0.3, -0.25) is 0 Å². The second-order valence-corrected chi connectivity index (χ2v) is 5.40. The van der Waals surface area contributed by atoms with E-state index >= 15 is 0 Å². The summed E-state index contributed by atoms with van der Waals surface area (Å²) in [4.78, 5) is 3.53. The highest BCUT2D eigenvalue weighted by Gasteiger charge is 2.24. The Morgan fingerprint density at radius 3 is 2.79 bits per heavy atom. The normalized spacial score (nSPS) is 12.7. The highest BCUT2D eigenvalue weighted by atomic mass is 16.3. The number of hydrogen-bond donors (Lipinski definition) is 2. The third-order valence-electron chi connectivity index (χ3n) is 4.25. The molecule has 0 fully saturated rings. The molecule has 2 N–H and O–H groups in total. The summed E-state index contributed by atoms with van der Waals surface area (Å²) < 4.78 is 0. The van der Waals surface area contributed by atoms with Crippen LogP contribution < -0.4 is 0 Å². The number of phenols is 1. The number of nitrogens with one attached hydrogen (secondary N) is 1. The molecule has 19 heavy (non-hydrogen) atoms. The van der Waals surface area contributed by atoms with Crippen LogP contribution in [0, 0.1) is 13.8 Å². The minimum Gasteiger partial charge on any atom is -0.507 e. The fraction of sp³-hybridized carbons (Fsp3) is 0.176. The summed E-state index contributed by atoms with van der Waals surface area (Å²) in [7, 11) is 0. The van der Waals surface area contributed by atoms with Crippen LogP contribution in [-0.4, -0.2) is 10.1 Å². The number of benzene rings is 2. The molecule has 2 heteroatoms. The summed E-state index contributed by atoms with van der Waals surface area (Å²) in [5.41, 5.74) is 8.25. The maximum absolute atomic E-state index is 10.2. The fourth-order valence-electron chi connectivity index (χ4n) is 3.31. The van der Waals surface area contributed by atoms with E-state index in [0.717, 1.165) is 23.1 Å². The lowest BCUT2D eigenvalue weighted by molar-refractivity contribution is 0.468. The number of hydrogen-bond acceptors (Lipinski definition) is 1. The van der Waals surface area contributed by atoms with Crippen LogP contribution in [0.2, 0.25) is 0 Å². The smallest absolute Gasteiger partial charge is 0.122 e. The van der Waals surface area contributed by atoms with Crippen LogP contribution in [0.15, 0.2) is 30.3 Å². The quantitative estimate of drug-likeness (QED) is 0.484. The van der Waals surface area contributed by atoms with Crippen molar-refractivity contribution >= 4 is 10.9 Å². The second kappa shape index (κ2) is 3.41. The van der Waals surface area contributed by atoms with E-state index in [2.05, 4.69) is 29.2 Å². The average Bonchev–Trinajstić information content (AvgIpc) is 2.91. The number of aromatic amines is 1. The minimum atomic E-state index is 0.422. The fourth-order valence-corrected chi connectivity index (χ4v) is 3.31. The van der Waals surface area contributed by atoms with Gasteiger partial charge in [-0.05, 0) is 36.6 Å². The lowest BCUT2D eigenvalue weighted by Crippen LogP contribution is -1.86. The predicted molar refractivity (Wildman–Crippen MR) is 77.7 cm³/mol. The molecule has 0 spiro atoms. The van der Waals surface area contributed by atoms with Gasteiger partial charge in [-0.15, -0.1) is 0 Å². The topological polar surface area (TPSA) is 36.0 Å². The van der Waals surface area contributed by atoms with E-state index in [4.69, 9.17) is 0 Å². The van der Waals surface area contributed by atoms with Crippen molar-refractivity contribution in [3.63, 3.8) is 0 Å². The van der Waals surface area contributed by atoms with Crippen molar-refractivity contribution in [2.75, 3.05) is 0 Å². The van der Waals surface area contributed by atoms with Gasteiger partial charge in [0, 0.05) is 28.5 Å². The number of rotatable bonds is 0. The van der Waals surface area contributed by atoms with Crippen molar-refractivity contribution in [2.45, 2.75) is 20.3 Å². The van der Waals surface area contributed by atoms with Gasteiger partial charge < -0.3 is 10.1 Å². The van der Waals surface area contributed by atoms with Crippen molar-refractivity contribution in [1.29, 1.82) is 0 Å². The molecule has 0 saturated carbocycles. The highest BCUT2D eigenvalue weighted by Crippen LogP contribution is 2.43. The van der Waals surface area contributed by atoms with Gasteiger partial charge in [-0.2, -0.15) is 0 Å². The molecule has 0 atom stereocenters. The van der Waals surface area contributed by atoms with Gasteiger partial charge in [0.15, 0.2) is 0 Å². The van der Waals surface area contributed by atoms with E-state index < -0.39 is 0 Å². The molecule has 0 saturated heterocycles. The van der Waals surface area contributed by atoms with Crippen molar-refractivity contribution in [1.82, 2.24) is 4.98 Å². The van der Waals surface area contributed by atoms with E-state index in [1.165, 1.54) is 27.8 Å². The zero-order chi connectivity index (χ0) is 13.1. The van der Waals surface area contributed by atoms with Gasteiger partial charge in [-0.25, -0.2) is 0 Å². The molecule has 0 amide bonds. The summed E-state index contributed by atoms with van der Waals surface area (Å²) in [6.07, 6.45) is 0.953. The molecule has 3 aromatic rings. The van der Waals surface area contributed by atoms with Gasteiger partial charge in [0.2, 0.25) is 0 Å². The highest BCUT2D eigenvalue weighted by molar-refractivity contribution is 5.97. The Kier molecular flexibility index (Phi) is 1.92. The Labute approximate surface area is 111 Å².